The fourth-order valence-electron chi connectivity index (χ4n) is 5.63. The summed E-state index contributed by atoms with van der Waals surface area (Å²) in [4.78, 5) is 30.1. The van der Waals surface area contributed by atoms with Crippen molar-refractivity contribution in [2.45, 2.75) is 55.6 Å². The Kier molecular flexibility index (Phi) is 11.3. The van der Waals surface area contributed by atoms with Gasteiger partial charge in [0.2, 0.25) is 11.8 Å². The lowest BCUT2D eigenvalue weighted by atomic mass is 10.0. The highest BCUT2D eigenvalue weighted by Crippen LogP contribution is 2.35. The lowest BCUT2D eigenvalue weighted by Crippen LogP contribution is -2.54. The molecule has 7 nitrogen and oxygen atoms in total. The molecule has 0 aliphatic heterocycles. The van der Waals surface area contributed by atoms with Crippen LogP contribution in [-0.2, 0) is 32.6 Å². The molecule has 46 heavy (non-hydrogen) atoms. The highest BCUT2D eigenvalue weighted by atomic mass is 35.5. The number of sulfonamides is 1. The predicted octanol–water partition coefficient (Wildman–Crippen LogP) is 7.54. The van der Waals surface area contributed by atoms with Crippen molar-refractivity contribution in [2.75, 3.05) is 10.8 Å². The third-order valence-electron chi connectivity index (χ3n) is 8.05. The second-order valence-corrected chi connectivity index (χ2v) is 14.3. The van der Waals surface area contributed by atoms with Crippen molar-refractivity contribution < 1.29 is 18.0 Å². The molecule has 1 fully saturated rings. The molecule has 1 atom stereocenters. The Labute approximate surface area is 285 Å². The minimum Gasteiger partial charge on any atom is -0.352 e. The fraction of sp³-hybridized carbons (Fsp3) is 0.257. The molecule has 4 aromatic rings. The van der Waals surface area contributed by atoms with Crippen molar-refractivity contribution in [1.29, 1.82) is 0 Å². The van der Waals surface area contributed by atoms with Gasteiger partial charge in [-0.3, -0.25) is 13.9 Å². The van der Waals surface area contributed by atoms with E-state index >= 15 is 0 Å². The molecule has 0 aromatic heterocycles. The van der Waals surface area contributed by atoms with Gasteiger partial charge in [-0.25, -0.2) is 8.42 Å². The van der Waals surface area contributed by atoms with E-state index in [-0.39, 0.29) is 45.5 Å². The minimum absolute atomic E-state index is 0.0125. The number of anilines is 1. The first-order chi connectivity index (χ1) is 22.1. The van der Waals surface area contributed by atoms with Crippen molar-refractivity contribution in [1.82, 2.24) is 10.2 Å². The van der Waals surface area contributed by atoms with Crippen LogP contribution in [0, 0.1) is 0 Å². The summed E-state index contributed by atoms with van der Waals surface area (Å²) in [5.74, 6) is -0.885. The zero-order chi connectivity index (χ0) is 32.7. The summed E-state index contributed by atoms with van der Waals surface area (Å²) in [6, 6.07) is 27.9. The molecule has 240 valence electrons. The van der Waals surface area contributed by atoms with E-state index < -0.39 is 28.5 Å². The molecule has 1 unspecified atom stereocenters. The van der Waals surface area contributed by atoms with E-state index in [4.69, 9.17) is 34.8 Å². The van der Waals surface area contributed by atoms with Crippen molar-refractivity contribution in [2.24, 2.45) is 0 Å². The largest absolute Gasteiger partial charge is 0.352 e. The van der Waals surface area contributed by atoms with Gasteiger partial charge in [-0.05, 0) is 60.4 Å². The Hall–Kier alpha value is -3.56. The lowest BCUT2D eigenvalue weighted by molar-refractivity contribution is -0.140. The molecule has 0 bridgehead atoms. The second kappa shape index (κ2) is 15.4. The van der Waals surface area contributed by atoms with Crippen molar-refractivity contribution in [3.63, 3.8) is 0 Å². The molecule has 1 N–H and O–H groups in total. The summed E-state index contributed by atoms with van der Waals surface area (Å²) in [6.45, 7) is -0.596. The second-order valence-electron chi connectivity index (χ2n) is 11.2. The molecule has 0 heterocycles. The first-order valence-electron chi connectivity index (χ1n) is 15.0. The van der Waals surface area contributed by atoms with Gasteiger partial charge in [-0.15, -0.1) is 0 Å². The van der Waals surface area contributed by atoms with Gasteiger partial charge >= 0.3 is 0 Å². The number of amides is 2. The van der Waals surface area contributed by atoms with Crippen LogP contribution >= 0.6 is 34.8 Å². The van der Waals surface area contributed by atoms with Gasteiger partial charge in [0.1, 0.15) is 12.6 Å². The summed E-state index contributed by atoms with van der Waals surface area (Å²) in [7, 11) is -4.30. The van der Waals surface area contributed by atoms with Crippen LogP contribution in [0.15, 0.2) is 108 Å². The van der Waals surface area contributed by atoms with Crippen LogP contribution in [-0.4, -0.2) is 43.8 Å². The summed E-state index contributed by atoms with van der Waals surface area (Å²) in [5.41, 5.74) is 1.63. The average molecular weight is 699 g/mol. The molecule has 11 heteroatoms. The molecule has 1 aliphatic rings. The van der Waals surface area contributed by atoms with Crippen LogP contribution in [0.2, 0.25) is 15.1 Å². The number of rotatable bonds is 12. The predicted molar refractivity (Wildman–Crippen MR) is 184 cm³/mol. The van der Waals surface area contributed by atoms with E-state index in [2.05, 4.69) is 5.32 Å². The minimum atomic E-state index is -4.30. The van der Waals surface area contributed by atoms with Gasteiger partial charge in [-0.2, -0.15) is 0 Å². The first-order valence-corrected chi connectivity index (χ1v) is 17.6. The van der Waals surface area contributed by atoms with Crippen LogP contribution in [0.1, 0.15) is 36.8 Å². The zero-order valence-corrected chi connectivity index (χ0v) is 28.1. The van der Waals surface area contributed by atoms with E-state index in [1.165, 1.54) is 23.1 Å². The zero-order valence-electron chi connectivity index (χ0n) is 25.0. The molecule has 0 radical (unpaired) electrons. The van der Waals surface area contributed by atoms with Crippen LogP contribution in [0.3, 0.4) is 0 Å². The number of nitrogens with one attached hydrogen (secondary N) is 1. The maximum absolute atomic E-state index is 14.6. The summed E-state index contributed by atoms with van der Waals surface area (Å²) >= 11 is 19.0. The van der Waals surface area contributed by atoms with E-state index in [0.29, 0.717) is 5.02 Å². The molecular weight excluding hydrogens is 665 g/mol. The van der Waals surface area contributed by atoms with E-state index in [9.17, 15) is 18.0 Å². The normalized spacial score (nSPS) is 14.1. The van der Waals surface area contributed by atoms with Gasteiger partial charge in [0.15, 0.2) is 0 Å². The number of benzene rings is 4. The third kappa shape index (κ3) is 8.23. The Balaban J connectivity index is 1.58. The quantitative estimate of drug-likeness (QED) is 0.166. The van der Waals surface area contributed by atoms with Crippen LogP contribution < -0.4 is 9.62 Å². The van der Waals surface area contributed by atoms with Gasteiger partial charge in [0, 0.05) is 24.0 Å². The van der Waals surface area contributed by atoms with E-state index in [1.54, 1.807) is 54.6 Å². The third-order valence-corrected chi connectivity index (χ3v) is 10.9. The summed E-state index contributed by atoms with van der Waals surface area (Å²) in [6.07, 6.45) is 4.00. The monoisotopic (exact) mass is 697 g/mol. The first kappa shape index (κ1) is 33.8. The molecule has 1 saturated carbocycles. The van der Waals surface area contributed by atoms with Gasteiger partial charge in [0.05, 0.1) is 20.6 Å². The number of nitrogens with zero attached hydrogens (tertiary/aromatic N) is 2. The smallest absolute Gasteiger partial charge is 0.264 e. The number of halogens is 3. The number of hydrogen-bond acceptors (Lipinski definition) is 4. The van der Waals surface area contributed by atoms with Crippen molar-refractivity contribution >= 4 is 62.3 Å². The maximum Gasteiger partial charge on any atom is 0.264 e. The molecule has 2 amide bonds. The van der Waals surface area contributed by atoms with E-state index in [0.717, 1.165) is 41.1 Å². The molecule has 4 aromatic carbocycles. The number of hydrogen-bond donors (Lipinski definition) is 1. The number of carbonyl (C=O) groups is 2. The highest BCUT2D eigenvalue weighted by Gasteiger charge is 2.36. The Bertz CT molecular complexity index is 1750. The molecule has 5 rings (SSSR count). The average Bonchev–Trinajstić information content (AvgIpc) is 3.57. The van der Waals surface area contributed by atoms with Crippen LogP contribution in [0.4, 0.5) is 5.69 Å². The number of carbonyl (C=O) groups excluding carboxylic acids is 2. The van der Waals surface area contributed by atoms with Crippen molar-refractivity contribution in [3.05, 3.63) is 129 Å². The Morgan fingerprint density at radius 1 is 0.783 bits per heavy atom. The molecule has 0 saturated heterocycles. The standard InChI is InChI=1S/C35H34Cl3N3O4S/c36-27-20-18-26(19-21-27)23-40(32(22-25-10-3-1-4-11-25)35(43)39-28-12-7-8-13-28)33(42)24-41(31-17-9-16-30(37)34(31)38)46(44,45)29-14-5-2-6-15-29/h1-6,9-11,14-21,28,32H,7-8,12-13,22-24H2,(H,39,43). The molecule has 1 aliphatic carbocycles. The van der Waals surface area contributed by atoms with E-state index in [1.807, 2.05) is 30.3 Å². The summed E-state index contributed by atoms with van der Waals surface area (Å²) in [5, 5.41) is 3.81. The SMILES string of the molecule is O=C(NC1CCCC1)C(Cc1ccccc1)N(Cc1ccc(Cl)cc1)C(=O)CN(c1cccc(Cl)c1Cl)S(=O)(=O)c1ccccc1. The van der Waals surface area contributed by atoms with Gasteiger partial charge < -0.3 is 10.2 Å². The Morgan fingerprint density at radius 3 is 2.07 bits per heavy atom. The van der Waals surface area contributed by atoms with Crippen LogP contribution in [0.25, 0.3) is 0 Å². The summed E-state index contributed by atoms with van der Waals surface area (Å²) < 4.78 is 29.2. The van der Waals surface area contributed by atoms with Crippen molar-refractivity contribution in [3.8, 4) is 0 Å². The van der Waals surface area contributed by atoms with Gasteiger partial charge in [-0.1, -0.05) is 114 Å². The molecule has 0 spiro atoms. The van der Waals surface area contributed by atoms with Crippen LogP contribution in [0.5, 0.6) is 0 Å². The fourth-order valence-corrected chi connectivity index (χ4v) is 7.65. The van der Waals surface area contributed by atoms with Gasteiger partial charge in [0.25, 0.3) is 10.0 Å². The molecular formula is C35H34Cl3N3O4S. The highest BCUT2D eigenvalue weighted by molar-refractivity contribution is 7.92. The topological polar surface area (TPSA) is 86.8 Å². The maximum atomic E-state index is 14.6. The Morgan fingerprint density at radius 2 is 1.41 bits per heavy atom. The lowest BCUT2D eigenvalue weighted by Gasteiger charge is -2.34.